The Bertz CT molecular complexity index is 1010. The topological polar surface area (TPSA) is 60.6 Å². The van der Waals surface area contributed by atoms with E-state index in [1.165, 1.54) is 19.2 Å². The van der Waals surface area contributed by atoms with Crippen molar-refractivity contribution < 1.29 is 22.8 Å². The van der Waals surface area contributed by atoms with Gasteiger partial charge in [-0.05, 0) is 49.2 Å². The van der Waals surface area contributed by atoms with Gasteiger partial charge in [0.1, 0.15) is 0 Å². The van der Waals surface area contributed by atoms with Crippen LogP contribution in [0.3, 0.4) is 0 Å². The average molecular weight is 436 g/mol. The van der Waals surface area contributed by atoms with Crippen LogP contribution in [0.1, 0.15) is 30.3 Å². The van der Waals surface area contributed by atoms with Crippen LogP contribution < -0.4 is 9.47 Å². The predicted molar refractivity (Wildman–Crippen MR) is 107 cm³/mol. The summed E-state index contributed by atoms with van der Waals surface area (Å²) in [5.74, 6) is 0.924. The van der Waals surface area contributed by atoms with Crippen LogP contribution in [-0.4, -0.2) is 35.3 Å². The number of ether oxygens (including phenoxy) is 2. The maximum Gasteiger partial charge on any atom is 0.387 e. The molecule has 2 heterocycles. The van der Waals surface area contributed by atoms with Crippen molar-refractivity contribution in [1.29, 1.82) is 0 Å². The van der Waals surface area contributed by atoms with E-state index in [0.717, 1.165) is 30.0 Å². The minimum atomic E-state index is -2.94. The number of aromatic nitrogens is 2. The summed E-state index contributed by atoms with van der Waals surface area (Å²) in [6.45, 7) is -1.54. The third kappa shape index (κ3) is 4.39. The zero-order valence-corrected chi connectivity index (χ0v) is 17.0. The molecule has 1 aliphatic rings. The first kappa shape index (κ1) is 20.6. The second kappa shape index (κ2) is 8.97. The van der Waals surface area contributed by atoms with Crippen LogP contribution in [0, 0.1) is 0 Å². The molecule has 0 N–H and O–H groups in total. The first-order valence-electron chi connectivity index (χ1n) is 9.49. The highest BCUT2D eigenvalue weighted by Crippen LogP contribution is 2.37. The largest absolute Gasteiger partial charge is 0.493 e. The molecule has 6 nitrogen and oxygen atoms in total. The van der Waals surface area contributed by atoms with Crippen LogP contribution in [-0.2, 0) is 6.54 Å². The van der Waals surface area contributed by atoms with Gasteiger partial charge >= 0.3 is 6.61 Å². The Labute approximate surface area is 177 Å². The van der Waals surface area contributed by atoms with Gasteiger partial charge in [0.25, 0.3) is 0 Å². The van der Waals surface area contributed by atoms with Gasteiger partial charge in [0.15, 0.2) is 11.5 Å². The number of nitrogens with zero attached hydrogens (tertiary/aromatic N) is 3. The summed E-state index contributed by atoms with van der Waals surface area (Å²) in [6, 6.07) is 12.5. The lowest BCUT2D eigenvalue weighted by Crippen LogP contribution is -2.23. The molecule has 1 aromatic heterocycles. The lowest BCUT2D eigenvalue weighted by molar-refractivity contribution is -0.0512. The molecule has 2 aromatic carbocycles. The van der Waals surface area contributed by atoms with E-state index in [4.69, 9.17) is 20.9 Å². The minimum Gasteiger partial charge on any atom is -0.493 e. The molecule has 1 atom stereocenters. The van der Waals surface area contributed by atoms with Gasteiger partial charge in [-0.3, -0.25) is 4.90 Å². The molecule has 0 aliphatic carbocycles. The van der Waals surface area contributed by atoms with E-state index in [1.807, 2.05) is 24.3 Å². The van der Waals surface area contributed by atoms with Crippen molar-refractivity contribution in [2.45, 2.75) is 32.0 Å². The summed E-state index contributed by atoms with van der Waals surface area (Å²) in [5, 5.41) is 4.78. The molecule has 0 amide bonds. The van der Waals surface area contributed by atoms with Crippen molar-refractivity contribution in [1.82, 2.24) is 15.0 Å². The van der Waals surface area contributed by atoms with Gasteiger partial charge in [0.05, 0.1) is 13.7 Å². The molecule has 0 spiro atoms. The molecule has 9 heteroatoms. The van der Waals surface area contributed by atoms with Crippen LogP contribution in [0.25, 0.3) is 11.4 Å². The van der Waals surface area contributed by atoms with Crippen molar-refractivity contribution in [2.75, 3.05) is 13.7 Å². The summed E-state index contributed by atoms with van der Waals surface area (Å²) in [7, 11) is 1.38. The van der Waals surface area contributed by atoms with Gasteiger partial charge in [-0.2, -0.15) is 13.8 Å². The summed E-state index contributed by atoms with van der Waals surface area (Å²) < 4.78 is 40.0. The number of rotatable bonds is 7. The fourth-order valence-electron chi connectivity index (χ4n) is 3.72. The summed E-state index contributed by atoms with van der Waals surface area (Å²) in [5.41, 5.74) is 1.67. The van der Waals surface area contributed by atoms with Crippen molar-refractivity contribution in [3.05, 3.63) is 58.9 Å². The van der Waals surface area contributed by atoms with Crippen molar-refractivity contribution in [2.24, 2.45) is 0 Å². The second-order valence-corrected chi connectivity index (χ2v) is 7.31. The van der Waals surface area contributed by atoms with Gasteiger partial charge in [-0.25, -0.2) is 0 Å². The highest BCUT2D eigenvalue weighted by molar-refractivity contribution is 6.31. The van der Waals surface area contributed by atoms with Gasteiger partial charge in [-0.15, -0.1) is 0 Å². The smallest absolute Gasteiger partial charge is 0.387 e. The Hall–Kier alpha value is -2.71. The van der Waals surface area contributed by atoms with Gasteiger partial charge in [0.2, 0.25) is 11.7 Å². The number of halogens is 3. The molecular weight excluding hydrogens is 416 g/mol. The lowest BCUT2D eigenvalue weighted by atomic mass is 10.0. The number of methoxy groups -OCH3 is 1. The number of hydrogen-bond acceptors (Lipinski definition) is 6. The van der Waals surface area contributed by atoms with Crippen molar-refractivity contribution in [3.8, 4) is 22.9 Å². The van der Waals surface area contributed by atoms with Crippen molar-refractivity contribution in [3.63, 3.8) is 0 Å². The maximum atomic E-state index is 12.5. The monoisotopic (exact) mass is 435 g/mol. The van der Waals surface area contributed by atoms with E-state index in [1.54, 1.807) is 6.07 Å². The number of alkyl halides is 2. The lowest BCUT2D eigenvalue weighted by Gasteiger charge is -2.23. The van der Waals surface area contributed by atoms with Crippen LogP contribution in [0.5, 0.6) is 11.5 Å². The summed E-state index contributed by atoms with van der Waals surface area (Å²) in [4.78, 5) is 6.73. The van der Waals surface area contributed by atoms with E-state index in [-0.39, 0.29) is 17.5 Å². The van der Waals surface area contributed by atoms with Gasteiger partial charge in [0, 0.05) is 16.6 Å². The normalized spacial score (nSPS) is 16.9. The van der Waals surface area contributed by atoms with E-state index in [9.17, 15) is 8.78 Å². The quantitative estimate of drug-likeness (QED) is 0.499. The Morgan fingerprint density at radius 3 is 2.83 bits per heavy atom. The summed E-state index contributed by atoms with van der Waals surface area (Å²) in [6.07, 6.45) is 2.06. The van der Waals surface area contributed by atoms with Crippen molar-refractivity contribution >= 4 is 11.6 Å². The Morgan fingerprint density at radius 2 is 2.07 bits per heavy atom. The second-order valence-electron chi connectivity index (χ2n) is 6.91. The maximum absolute atomic E-state index is 12.5. The average Bonchev–Trinajstić information content (AvgIpc) is 3.38. The zero-order chi connectivity index (χ0) is 21.1. The van der Waals surface area contributed by atoms with Gasteiger partial charge < -0.3 is 14.0 Å². The van der Waals surface area contributed by atoms with E-state index < -0.39 is 6.61 Å². The Balaban J connectivity index is 1.51. The molecule has 0 radical (unpaired) electrons. The van der Waals surface area contributed by atoms with E-state index >= 15 is 0 Å². The fourth-order valence-corrected chi connectivity index (χ4v) is 3.98. The first-order chi connectivity index (χ1) is 14.5. The molecule has 1 unspecified atom stereocenters. The molecule has 4 rings (SSSR count). The summed E-state index contributed by atoms with van der Waals surface area (Å²) >= 11 is 6.38. The predicted octanol–water partition coefficient (Wildman–Crippen LogP) is 5.34. The molecule has 0 bridgehead atoms. The van der Waals surface area contributed by atoms with Gasteiger partial charge in [-0.1, -0.05) is 35.0 Å². The molecule has 158 valence electrons. The molecule has 30 heavy (non-hydrogen) atoms. The molecule has 0 saturated carbocycles. The molecule has 1 saturated heterocycles. The first-order valence-corrected chi connectivity index (χ1v) is 9.87. The SMILES string of the molecule is COc1cc(-c2noc(CN3CCCC3c3ccccc3Cl)n2)ccc1OC(F)F. The Morgan fingerprint density at radius 1 is 1.23 bits per heavy atom. The van der Waals surface area contributed by atoms with Crippen LogP contribution >= 0.6 is 11.6 Å². The number of hydrogen-bond donors (Lipinski definition) is 0. The molecule has 1 fully saturated rings. The standard InChI is InChI=1S/C21H20ClF2N3O3/c1-28-18-11-13(8-9-17(18)29-21(23)24)20-25-19(30-26-20)12-27-10-4-7-16(27)14-5-2-3-6-15(14)22/h2-3,5-6,8-9,11,16,21H,4,7,10,12H2,1H3. The molecule has 1 aliphatic heterocycles. The highest BCUT2D eigenvalue weighted by Gasteiger charge is 2.29. The number of likely N-dealkylation sites (tertiary alicyclic amines) is 1. The minimum absolute atomic E-state index is 0.0559. The zero-order valence-electron chi connectivity index (χ0n) is 16.2. The number of benzene rings is 2. The van der Waals surface area contributed by atoms with Crippen LogP contribution in [0.4, 0.5) is 8.78 Å². The molecule has 3 aromatic rings. The third-order valence-corrected chi connectivity index (χ3v) is 5.42. The molecular formula is C21H20ClF2N3O3. The van der Waals surface area contributed by atoms with E-state index in [2.05, 4.69) is 19.8 Å². The Kier molecular flexibility index (Phi) is 6.15. The fraction of sp³-hybridized carbons (Fsp3) is 0.333. The highest BCUT2D eigenvalue weighted by atomic mass is 35.5. The third-order valence-electron chi connectivity index (χ3n) is 5.07. The van der Waals surface area contributed by atoms with Crippen LogP contribution in [0.2, 0.25) is 5.02 Å². The van der Waals surface area contributed by atoms with Crippen LogP contribution in [0.15, 0.2) is 47.0 Å². The van der Waals surface area contributed by atoms with E-state index in [0.29, 0.717) is 23.8 Å².